The number of hydrogen-bond donors (Lipinski definition) is 0. The highest BCUT2D eigenvalue weighted by Crippen LogP contribution is 2.48. The molecule has 33 heavy (non-hydrogen) atoms. The van der Waals surface area contributed by atoms with Crippen LogP contribution in [0.25, 0.3) is 43.4 Å². The van der Waals surface area contributed by atoms with Crippen molar-refractivity contribution in [2.75, 3.05) is 0 Å². The van der Waals surface area contributed by atoms with Gasteiger partial charge < -0.3 is 0 Å². The van der Waals surface area contributed by atoms with Gasteiger partial charge in [0.1, 0.15) is 11.6 Å². The molecule has 5 aromatic carbocycles. The second kappa shape index (κ2) is 6.69. The Hall–Kier alpha value is -3.63. The molecule has 0 saturated heterocycles. The monoisotopic (exact) mass is 476 g/mol. The lowest BCUT2D eigenvalue weighted by molar-refractivity contribution is 0.448. The molecule has 0 saturated carbocycles. The fourth-order valence-corrected chi connectivity index (χ4v) is 4.07. The maximum Gasteiger partial charge on any atom is 0.195 e. The number of benzene rings is 5. The normalized spacial score (nSPS) is 12.1. The van der Waals surface area contributed by atoms with Crippen LogP contribution in [-0.4, -0.2) is 0 Å². The predicted molar refractivity (Wildman–Crippen MR) is 95.1 cm³/mol. The Morgan fingerprint density at radius 2 is 0.758 bits per heavy atom. The molecule has 11 heteroatoms. The van der Waals surface area contributed by atoms with Gasteiger partial charge in [-0.2, -0.15) is 0 Å². The topological polar surface area (TPSA) is 0 Å². The van der Waals surface area contributed by atoms with E-state index in [-0.39, 0.29) is 6.07 Å². The van der Waals surface area contributed by atoms with Crippen LogP contribution < -0.4 is 0 Å². The third-order valence-corrected chi connectivity index (χ3v) is 5.42. The first kappa shape index (κ1) is 21.2. The first-order valence-electron chi connectivity index (χ1n) is 8.82. The zero-order valence-corrected chi connectivity index (χ0v) is 15.4. The van der Waals surface area contributed by atoms with Crippen LogP contribution in [-0.2, 0) is 0 Å². The summed E-state index contributed by atoms with van der Waals surface area (Å²) in [4.78, 5) is 0. The molecule has 0 bridgehead atoms. The smallest absolute Gasteiger partial charge is 0.195 e. The Morgan fingerprint density at radius 3 is 1.27 bits per heavy atom. The summed E-state index contributed by atoms with van der Waals surface area (Å²) in [6, 6.07) is 1.27. The van der Waals surface area contributed by atoms with Gasteiger partial charge in [0.2, 0.25) is 0 Å². The first-order chi connectivity index (χ1) is 15.5. The van der Waals surface area contributed by atoms with E-state index < -0.39 is 107 Å². The average molecular weight is 476 g/mol. The quantitative estimate of drug-likeness (QED) is 0.132. The maximum absolute atomic E-state index is 15.1. The molecule has 0 fully saturated rings. The van der Waals surface area contributed by atoms with Crippen LogP contribution >= 0.6 is 0 Å². The van der Waals surface area contributed by atoms with E-state index in [1.807, 2.05) is 0 Å². The second-order valence-electron chi connectivity index (χ2n) is 7.08. The summed E-state index contributed by atoms with van der Waals surface area (Å²) >= 11 is 0. The Morgan fingerprint density at radius 1 is 0.364 bits per heavy atom. The van der Waals surface area contributed by atoms with Crippen LogP contribution in [0.3, 0.4) is 0 Å². The van der Waals surface area contributed by atoms with E-state index in [1.165, 1.54) is 0 Å². The minimum atomic E-state index is -2.49. The largest absolute Gasteiger partial charge is 0.207 e. The van der Waals surface area contributed by atoms with Gasteiger partial charge in [-0.3, -0.25) is 0 Å². The molecule has 0 aromatic heterocycles. The molecule has 0 atom stereocenters. The van der Waals surface area contributed by atoms with Crippen molar-refractivity contribution in [3.05, 3.63) is 82.2 Å². The Bertz CT molecular complexity index is 1650. The molecule has 5 aromatic rings. The molecule has 0 aliphatic rings. The van der Waals surface area contributed by atoms with E-state index in [2.05, 4.69) is 0 Å². The van der Waals surface area contributed by atoms with Crippen LogP contribution in [0.2, 0.25) is 0 Å². The van der Waals surface area contributed by atoms with Crippen molar-refractivity contribution >= 4 is 32.3 Å². The minimum absolute atomic E-state index is 0.277. The molecule has 0 nitrogen and oxygen atoms in total. The van der Waals surface area contributed by atoms with Gasteiger partial charge in [0.15, 0.2) is 52.4 Å². The van der Waals surface area contributed by atoms with Crippen LogP contribution in [0.5, 0.6) is 0 Å². The molecule has 5 rings (SSSR count). The number of rotatable bonds is 1. The molecule has 0 heterocycles. The Balaban J connectivity index is 2.25. The molecule has 0 aliphatic heterocycles. The van der Waals surface area contributed by atoms with E-state index >= 15 is 4.39 Å². The van der Waals surface area contributed by atoms with Crippen LogP contribution in [0.15, 0.2) is 18.2 Å². The van der Waals surface area contributed by atoms with Gasteiger partial charge in [-0.1, -0.05) is 0 Å². The van der Waals surface area contributed by atoms with Gasteiger partial charge >= 0.3 is 0 Å². The molecule has 0 aliphatic carbocycles. The van der Waals surface area contributed by atoms with E-state index in [0.29, 0.717) is 12.1 Å². The summed E-state index contributed by atoms with van der Waals surface area (Å²) in [6.07, 6.45) is 0. The standard InChI is InChI=1S/C22H3F11/c23-4-1-2-6(24)5(3-4)7-10-8-9-12(17(28)15(10)26)20(31)22(33)21(32)13(9)19(30)18(29)11(8)16(27)14(7)25/h1-3H. The van der Waals surface area contributed by atoms with Gasteiger partial charge in [-0.05, 0) is 18.2 Å². The lowest BCUT2D eigenvalue weighted by atomic mass is 9.87. The molecule has 0 spiro atoms. The third-order valence-electron chi connectivity index (χ3n) is 5.42. The fraction of sp³-hybridized carbons (Fsp3) is 0. The van der Waals surface area contributed by atoms with Gasteiger partial charge in [0.25, 0.3) is 0 Å². The van der Waals surface area contributed by atoms with Crippen molar-refractivity contribution in [3.63, 3.8) is 0 Å². The predicted octanol–water partition coefficient (Wildman–Crippen LogP) is 7.78. The highest BCUT2D eigenvalue weighted by atomic mass is 19.2. The van der Waals surface area contributed by atoms with E-state index in [9.17, 15) is 43.9 Å². The summed E-state index contributed by atoms with van der Waals surface area (Å²) in [7, 11) is 0. The van der Waals surface area contributed by atoms with E-state index in [0.717, 1.165) is 0 Å². The highest BCUT2D eigenvalue weighted by Gasteiger charge is 2.35. The van der Waals surface area contributed by atoms with Crippen molar-refractivity contribution in [3.8, 4) is 11.1 Å². The van der Waals surface area contributed by atoms with Crippen molar-refractivity contribution in [2.24, 2.45) is 0 Å². The lowest BCUT2D eigenvalue weighted by Gasteiger charge is -2.19. The van der Waals surface area contributed by atoms with Crippen LogP contribution in [0.1, 0.15) is 0 Å². The summed E-state index contributed by atoms with van der Waals surface area (Å²) < 4.78 is 160. The Labute approximate surface area is 174 Å². The summed E-state index contributed by atoms with van der Waals surface area (Å²) in [6.45, 7) is 0. The Kier molecular flexibility index (Phi) is 4.30. The van der Waals surface area contributed by atoms with Crippen LogP contribution in [0, 0.1) is 64.0 Å². The van der Waals surface area contributed by atoms with Crippen molar-refractivity contribution in [1.82, 2.24) is 0 Å². The van der Waals surface area contributed by atoms with Crippen molar-refractivity contribution in [2.45, 2.75) is 0 Å². The third kappa shape index (κ3) is 2.47. The molecular formula is C22H3F11. The van der Waals surface area contributed by atoms with Crippen molar-refractivity contribution < 1.29 is 48.3 Å². The van der Waals surface area contributed by atoms with Gasteiger partial charge in [-0.15, -0.1) is 0 Å². The summed E-state index contributed by atoms with van der Waals surface area (Å²) in [5.41, 5.74) is -2.62. The second-order valence-corrected chi connectivity index (χ2v) is 7.08. The highest BCUT2D eigenvalue weighted by molar-refractivity contribution is 6.26. The average Bonchev–Trinajstić information content (AvgIpc) is 2.77. The maximum atomic E-state index is 15.1. The molecule has 0 radical (unpaired) electrons. The van der Waals surface area contributed by atoms with Gasteiger partial charge in [-0.25, -0.2) is 48.3 Å². The zero-order chi connectivity index (χ0) is 24.1. The summed E-state index contributed by atoms with van der Waals surface area (Å²) in [5, 5.41) is -9.24. The first-order valence-corrected chi connectivity index (χ1v) is 8.82. The molecule has 0 unspecified atom stereocenters. The van der Waals surface area contributed by atoms with Gasteiger partial charge in [0.05, 0.1) is 16.2 Å². The number of hydrogen-bond acceptors (Lipinski definition) is 0. The SMILES string of the molecule is Fc1ccc(F)c(-c2c(F)c(F)c3c(F)c(F)c4c(F)c(F)c(F)c5c(F)c(F)c2c3c45)c1. The number of halogens is 11. The molecule has 0 N–H and O–H groups in total. The van der Waals surface area contributed by atoms with Crippen LogP contribution in [0.4, 0.5) is 48.3 Å². The molecular weight excluding hydrogens is 473 g/mol. The van der Waals surface area contributed by atoms with Crippen molar-refractivity contribution in [1.29, 1.82) is 0 Å². The molecule has 168 valence electrons. The molecule has 0 amide bonds. The van der Waals surface area contributed by atoms with Gasteiger partial charge in [0, 0.05) is 27.3 Å². The fourth-order valence-electron chi connectivity index (χ4n) is 4.07. The lowest BCUT2D eigenvalue weighted by Crippen LogP contribution is -2.08. The van der Waals surface area contributed by atoms with E-state index in [4.69, 9.17) is 0 Å². The minimum Gasteiger partial charge on any atom is -0.207 e. The summed E-state index contributed by atoms with van der Waals surface area (Å²) in [5.74, 6) is -23.6. The van der Waals surface area contributed by atoms with E-state index in [1.54, 1.807) is 0 Å². The zero-order valence-electron chi connectivity index (χ0n) is 15.4.